The Morgan fingerprint density at radius 1 is 1.24 bits per heavy atom. The molecule has 184 valence electrons. The van der Waals surface area contributed by atoms with Crippen LogP contribution in [0.5, 0.6) is 11.6 Å². The van der Waals surface area contributed by atoms with E-state index in [2.05, 4.69) is 50.9 Å². The second-order valence-corrected chi connectivity index (χ2v) is 9.46. The van der Waals surface area contributed by atoms with Crippen LogP contribution >= 0.6 is 0 Å². The van der Waals surface area contributed by atoms with E-state index in [1.165, 1.54) is 25.4 Å². The zero-order chi connectivity index (χ0) is 24.9. The molecular formula is C27H41NO5. The summed E-state index contributed by atoms with van der Waals surface area (Å²) in [6.45, 7) is 14.2. The molecule has 0 aromatic carbocycles. The van der Waals surface area contributed by atoms with E-state index in [9.17, 15) is 9.90 Å². The Kier molecular flexibility index (Phi) is 9.15. The third-order valence-electron chi connectivity index (χ3n) is 6.52. The molecule has 2 heterocycles. The van der Waals surface area contributed by atoms with Crippen LogP contribution in [-0.2, 0) is 11.2 Å². The highest BCUT2D eigenvalue weighted by molar-refractivity contribution is 5.40. The zero-order valence-electron chi connectivity index (χ0n) is 21.7. The molecule has 2 N–H and O–H groups in total. The lowest BCUT2D eigenvalue weighted by Crippen LogP contribution is -2.34. The Morgan fingerprint density at radius 3 is 2.45 bits per heavy atom. The molecule has 1 aromatic rings. The minimum Gasteiger partial charge on any atom is -0.488 e. The fourth-order valence-corrected chi connectivity index (χ4v) is 4.56. The first kappa shape index (κ1) is 26.9. The first-order valence-corrected chi connectivity index (χ1v) is 11.7. The number of hydrogen-bond acceptors (Lipinski definition) is 5. The largest absolute Gasteiger partial charge is 0.488 e. The molecule has 0 saturated carbocycles. The third-order valence-corrected chi connectivity index (χ3v) is 6.52. The van der Waals surface area contributed by atoms with Crippen molar-refractivity contribution in [3.63, 3.8) is 0 Å². The number of epoxide rings is 1. The van der Waals surface area contributed by atoms with Gasteiger partial charge in [0.15, 0.2) is 0 Å². The van der Waals surface area contributed by atoms with Gasteiger partial charge in [-0.2, -0.15) is 0 Å². The molecular weight excluding hydrogens is 418 g/mol. The standard InChI is InChI=1S/C27H41NO5/c1-10-22-27(7,33-22)25(30)19(5)15-18(4)14-17(3)13-16(2)11-12-21-20(6)23(29)24(31-8)26(28-21)32-9/h11,14-15,19,22,25,30H,10,12-13H2,1-9H3,(H,28,29)/t19-,22+,25-,27-/m1/s1. The SMILES string of the molecule is CC[C@@H]1O[C@@]1(C)[C@H](O)[C@H](C)C=C(C)C=C(C)CC(C)=CCc1[nH]c(OC)c(OC)c(=O)c1C. The first-order valence-electron chi connectivity index (χ1n) is 11.7. The fraction of sp³-hybridized carbons (Fsp3) is 0.593. The molecule has 4 atom stereocenters. The van der Waals surface area contributed by atoms with E-state index in [1.807, 2.05) is 13.8 Å². The van der Waals surface area contributed by atoms with Gasteiger partial charge in [0.25, 0.3) is 0 Å². The van der Waals surface area contributed by atoms with Crippen molar-refractivity contribution in [3.8, 4) is 11.6 Å². The van der Waals surface area contributed by atoms with Gasteiger partial charge in [-0.3, -0.25) is 4.79 Å². The number of allylic oxidation sites excluding steroid dienone is 5. The molecule has 1 saturated heterocycles. The van der Waals surface area contributed by atoms with Crippen LogP contribution in [0.3, 0.4) is 0 Å². The van der Waals surface area contributed by atoms with Gasteiger partial charge < -0.3 is 24.3 Å². The van der Waals surface area contributed by atoms with Gasteiger partial charge in [0.05, 0.1) is 26.4 Å². The monoisotopic (exact) mass is 459 g/mol. The van der Waals surface area contributed by atoms with Gasteiger partial charge in [0.1, 0.15) is 5.60 Å². The molecule has 1 aliphatic heterocycles. The van der Waals surface area contributed by atoms with Gasteiger partial charge in [0, 0.05) is 23.6 Å². The van der Waals surface area contributed by atoms with Gasteiger partial charge in [-0.05, 0) is 47.5 Å². The molecule has 0 amide bonds. The molecule has 0 unspecified atom stereocenters. The van der Waals surface area contributed by atoms with Crippen LogP contribution in [0.15, 0.2) is 39.7 Å². The number of H-pyrrole nitrogens is 1. The van der Waals surface area contributed by atoms with Gasteiger partial charge in [-0.25, -0.2) is 0 Å². The highest BCUT2D eigenvalue weighted by atomic mass is 16.6. The van der Waals surface area contributed by atoms with Crippen molar-refractivity contribution in [1.29, 1.82) is 0 Å². The number of rotatable bonds is 11. The summed E-state index contributed by atoms with van der Waals surface area (Å²) in [6, 6.07) is 0. The Balaban J connectivity index is 2.05. The van der Waals surface area contributed by atoms with E-state index in [0.29, 0.717) is 17.9 Å². The molecule has 0 aliphatic carbocycles. The van der Waals surface area contributed by atoms with Crippen LogP contribution in [0.25, 0.3) is 0 Å². The summed E-state index contributed by atoms with van der Waals surface area (Å²) in [5.74, 6) is 0.558. The van der Waals surface area contributed by atoms with Crippen LogP contribution in [0.2, 0.25) is 0 Å². The number of aromatic nitrogens is 1. The van der Waals surface area contributed by atoms with Crippen molar-refractivity contribution in [2.45, 2.75) is 85.5 Å². The van der Waals surface area contributed by atoms with Gasteiger partial charge in [0.2, 0.25) is 17.1 Å². The quantitative estimate of drug-likeness (QED) is 0.275. The van der Waals surface area contributed by atoms with Crippen molar-refractivity contribution in [2.75, 3.05) is 14.2 Å². The number of aromatic amines is 1. The summed E-state index contributed by atoms with van der Waals surface area (Å²) in [7, 11) is 2.98. The molecule has 0 radical (unpaired) electrons. The Hall–Kier alpha value is -2.31. The average Bonchev–Trinajstić information content (AvgIpc) is 3.45. The maximum atomic E-state index is 12.5. The maximum absolute atomic E-state index is 12.5. The topological polar surface area (TPSA) is 84.1 Å². The molecule has 1 aromatic heterocycles. The molecule has 1 aliphatic rings. The highest BCUT2D eigenvalue weighted by Crippen LogP contribution is 2.43. The molecule has 6 nitrogen and oxygen atoms in total. The van der Waals surface area contributed by atoms with Gasteiger partial charge in [-0.1, -0.05) is 48.8 Å². The minimum absolute atomic E-state index is 0.0112. The molecule has 2 rings (SSSR count). The Bertz CT molecular complexity index is 987. The summed E-state index contributed by atoms with van der Waals surface area (Å²) in [5.41, 5.74) is 4.45. The lowest BCUT2D eigenvalue weighted by atomic mass is 9.88. The molecule has 6 heteroatoms. The second kappa shape index (κ2) is 11.2. The Labute approximate surface area is 198 Å². The number of pyridine rings is 1. The van der Waals surface area contributed by atoms with Gasteiger partial charge >= 0.3 is 0 Å². The number of methoxy groups -OCH3 is 2. The second-order valence-electron chi connectivity index (χ2n) is 9.46. The van der Waals surface area contributed by atoms with E-state index in [4.69, 9.17) is 14.2 Å². The Morgan fingerprint density at radius 2 is 1.91 bits per heavy atom. The number of nitrogens with one attached hydrogen (secondary N) is 1. The normalized spacial score (nSPS) is 23.3. The smallest absolute Gasteiger partial charge is 0.238 e. The van der Waals surface area contributed by atoms with E-state index < -0.39 is 11.7 Å². The lowest BCUT2D eigenvalue weighted by Gasteiger charge is -2.21. The summed E-state index contributed by atoms with van der Waals surface area (Å²) in [5, 5.41) is 10.7. The predicted molar refractivity (Wildman–Crippen MR) is 133 cm³/mol. The fourth-order valence-electron chi connectivity index (χ4n) is 4.56. The molecule has 1 fully saturated rings. The van der Waals surface area contributed by atoms with Crippen molar-refractivity contribution < 1.29 is 19.3 Å². The summed E-state index contributed by atoms with van der Waals surface area (Å²) in [6.07, 6.45) is 8.40. The van der Waals surface area contributed by atoms with Gasteiger partial charge in [-0.15, -0.1) is 0 Å². The van der Waals surface area contributed by atoms with E-state index in [1.54, 1.807) is 6.92 Å². The van der Waals surface area contributed by atoms with E-state index in [-0.39, 0.29) is 23.2 Å². The third kappa shape index (κ3) is 6.39. The van der Waals surface area contributed by atoms with Crippen molar-refractivity contribution in [2.24, 2.45) is 5.92 Å². The van der Waals surface area contributed by atoms with Crippen molar-refractivity contribution in [3.05, 3.63) is 56.4 Å². The van der Waals surface area contributed by atoms with Crippen LogP contribution in [-0.4, -0.2) is 42.1 Å². The van der Waals surface area contributed by atoms with Crippen molar-refractivity contribution in [1.82, 2.24) is 4.98 Å². The minimum atomic E-state index is -0.514. The molecule has 0 spiro atoms. The number of aliphatic hydroxyl groups is 1. The zero-order valence-corrected chi connectivity index (χ0v) is 21.7. The van der Waals surface area contributed by atoms with Crippen LogP contribution in [0, 0.1) is 12.8 Å². The number of aliphatic hydroxyl groups excluding tert-OH is 1. The maximum Gasteiger partial charge on any atom is 0.238 e. The van der Waals surface area contributed by atoms with E-state index >= 15 is 0 Å². The summed E-state index contributed by atoms with van der Waals surface area (Å²) in [4.78, 5) is 15.7. The average molecular weight is 460 g/mol. The van der Waals surface area contributed by atoms with Crippen LogP contribution < -0.4 is 14.9 Å². The predicted octanol–water partition coefficient (Wildman–Crippen LogP) is 5.04. The molecule has 0 bridgehead atoms. The van der Waals surface area contributed by atoms with Crippen LogP contribution in [0.4, 0.5) is 0 Å². The lowest BCUT2D eigenvalue weighted by molar-refractivity contribution is 0.0563. The summed E-state index contributed by atoms with van der Waals surface area (Å²) < 4.78 is 16.2. The van der Waals surface area contributed by atoms with E-state index in [0.717, 1.165) is 24.1 Å². The number of ether oxygens (including phenoxy) is 3. The first-order chi connectivity index (χ1) is 15.5. The highest BCUT2D eigenvalue weighted by Gasteiger charge is 2.57. The van der Waals surface area contributed by atoms with Crippen molar-refractivity contribution >= 4 is 0 Å². The number of hydrogen-bond donors (Lipinski definition) is 2. The van der Waals surface area contributed by atoms with Crippen LogP contribution in [0.1, 0.15) is 65.6 Å². The molecule has 33 heavy (non-hydrogen) atoms. The summed E-state index contributed by atoms with van der Waals surface area (Å²) >= 11 is 0.